The van der Waals surface area contributed by atoms with Gasteiger partial charge in [0.2, 0.25) is 0 Å². The molecule has 2 aromatic rings. The Bertz CT molecular complexity index is 775. The Hall–Kier alpha value is -2.82. The lowest BCUT2D eigenvalue weighted by molar-refractivity contribution is -0.148. The first-order valence-electron chi connectivity index (χ1n) is 7.87. The fourth-order valence-corrected chi connectivity index (χ4v) is 2.67. The molecule has 124 valence electrons. The molecule has 2 heterocycles. The molecule has 0 aliphatic carbocycles. The lowest BCUT2D eigenvalue weighted by Gasteiger charge is -2.28. The van der Waals surface area contributed by atoms with Gasteiger partial charge in [0.05, 0.1) is 0 Å². The van der Waals surface area contributed by atoms with Crippen LogP contribution in [0.25, 0.3) is 6.08 Å². The van der Waals surface area contributed by atoms with E-state index in [0.29, 0.717) is 18.8 Å². The maximum absolute atomic E-state index is 12.2. The van der Waals surface area contributed by atoms with E-state index in [1.165, 1.54) is 17.7 Å². The van der Waals surface area contributed by atoms with Gasteiger partial charge in [-0.2, -0.15) is 0 Å². The number of furan rings is 1. The average molecular weight is 325 g/mol. The Labute approximate surface area is 140 Å². The average Bonchev–Trinajstić information content (AvgIpc) is 3.02. The predicted octanol–water partition coefficient (Wildman–Crippen LogP) is 2.73. The van der Waals surface area contributed by atoms with Crippen LogP contribution in [0, 0.1) is 6.92 Å². The van der Waals surface area contributed by atoms with E-state index in [9.17, 15) is 9.59 Å². The first kappa shape index (κ1) is 16.1. The maximum atomic E-state index is 12.2. The third kappa shape index (κ3) is 3.93. The van der Waals surface area contributed by atoms with E-state index in [0.717, 1.165) is 17.7 Å². The Morgan fingerprint density at radius 3 is 2.75 bits per heavy atom. The van der Waals surface area contributed by atoms with Gasteiger partial charge in [0.1, 0.15) is 11.5 Å². The van der Waals surface area contributed by atoms with Crippen LogP contribution in [-0.4, -0.2) is 29.9 Å². The van der Waals surface area contributed by atoms with Crippen LogP contribution in [0.5, 0.6) is 0 Å². The summed E-state index contributed by atoms with van der Waals surface area (Å²) in [4.78, 5) is 25.6. The Kier molecular flexibility index (Phi) is 4.79. The summed E-state index contributed by atoms with van der Waals surface area (Å²) in [6, 6.07) is 11.6. The fourth-order valence-electron chi connectivity index (χ4n) is 2.67. The second-order valence-corrected chi connectivity index (χ2v) is 5.72. The van der Waals surface area contributed by atoms with Crippen LogP contribution in [0.2, 0.25) is 0 Å². The maximum Gasteiger partial charge on any atom is 0.331 e. The molecule has 0 saturated heterocycles. The number of ether oxygens (including phenoxy) is 1. The summed E-state index contributed by atoms with van der Waals surface area (Å²) in [6.07, 6.45) is 3.61. The van der Waals surface area contributed by atoms with Gasteiger partial charge in [-0.05, 0) is 42.7 Å². The molecule has 5 nitrogen and oxygen atoms in total. The van der Waals surface area contributed by atoms with E-state index in [4.69, 9.17) is 9.15 Å². The Morgan fingerprint density at radius 2 is 2.00 bits per heavy atom. The molecule has 0 bridgehead atoms. The predicted molar refractivity (Wildman–Crippen MR) is 89.0 cm³/mol. The number of carbonyl (C=O) groups is 2. The number of rotatable bonds is 4. The van der Waals surface area contributed by atoms with Crippen LogP contribution in [0.1, 0.15) is 22.6 Å². The van der Waals surface area contributed by atoms with Gasteiger partial charge in [-0.15, -0.1) is 0 Å². The second kappa shape index (κ2) is 7.17. The van der Waals surface area contributed by atoms with Crippen LogP contribution in [0.15, 0.2) is 46.9 Å². The zero-order chi connectivity index (χ0) is 16.9. The van der Waals surface area contributed by atoms with E-state index in [-0.39, 0.29) is 12.5 Å². The van der Waals surface area contributed by atoms with Crippen LogP contribution in [0.3, 0.4) is 0 Å². The zero-order valence-corrected chi connectivity index (χ0v) is 13.5. The van der Waals surface area contributed by atoms with Crippen molar-refractivity contribution in [2.24, 2.45) is 0 Å². The van der Waals surface area contributed by atoms with Crippen molar-refractivity contribution in [3.05, 3.63) is 65.1 Å². The Morgan fingerprint density at radius 1 is 1.21 bits per heavy atom. The first-order valence-corrected chi connectivity index (χ1v) is 7.87. The number of amides is 1. The summed E-state index contributed by atoms with van der Waals surface area (Å²) in [6.45, 7) is 2.79. The van der Waals surface area contributed by atoms with Gasteiger partial charge in [-0.3, -0.25) is 4.79 Å². The highest BCUT2D eigenvalue weighted by Gasteiger charge is 2.20. The van der Waals surface area contributed by atoms with E-state index in [1.807, 2.05) is 31.2 Å². The number of hydrogen-bond acceptors (Lipinski definition) is 4. The van der Waals surface area contributed by atoms with Crippen molar-refractivity contribution >= 4 is 18.0 Å². The van der Waals surface area contributed by atoms with Gasteiger partial charge in [0.15, 0.2) is 6.61 Å². The minimum absolute atomic E-state index is 0.180. The monoisotopic (exact) mass is 325 g/mol. The molecule has 0 unspecified atom stereocenters. The number of nitrogens with zero attached hydrogens (tertiary/aromatic N) is 1. The van der Waals surface area contributed by atoms with E-state index >= 15 is 0 Å². The van der Waals surface area contributed by atoms with Crippen LogP contribution >= 0.6 is 0 Å². The number of hydrogen-bond donors (Lipinski definition) is 0. The Balaban J connectivity index is 1.49. The molecule has 1 aromatic heterocycles. The van der Waals surface area contributed by atoms with Crippen LogP contribution in [-0.2, 0) is 27.3 Å². The fraction of sp³-hybridized carbons (Fsp3) is 0.263. The van der Waals surface area contributed by atoms with Gasteiger partial charge in [-0.25, -0.2) is 4.79 Å². The quantitative estimate of drug-likeness (QED) is 0.640. The molecule has 0 fully saturated rings. The molecular formula is C19H19NO4. The number of aryl methyl sites for hydroxylation is 1. The van der Waals surface area contributed by atoms with Crippen molar-refractivity contribution in [3.63, 3.8) is 0 Å². The lowest BCUT2D eigenvalue weighted by atomic mass is 10.00. The van der Waals surface area contributed by atoms with Gasteiger partial charge in [-0.1, -0.05) is 24.3 Å². The number of esters is 1. The van der Waals surface area contributed by atoms with Crippen molar-refractivity contribution in [3.8, 4) is 0 Å². The van der Waals surface area contributed by atoms with Gasteiger partial charge >= 0.3 is 5.97 Å². The van der Waals surface area contributed by atoms with Gasteiger partial charge in [0, 0.05) is 19.2 Å². The second-order valence-electron chi connectivity index (χ2n) is 5.72. The summed E-state index contributed by atoms with van der Waals surface area (Å²) in [5.74, 6) is 0.599. The first-order chi connectivity index (χ1) is 11.6. The summed E-state index contributed by atoms with van der Waals surface area (Å²) >= 11 is 0. The molecule has 0 N–H and O–H groups in total. The van der Waals surface area contributed by atoms with Crippen molar-refractivity contribution in [2.75, 3.05) is 13.2 Å². The molecule has 1 aromatic carbocycles. The molecule has 0 spiro atoms. The molecule has 0 atom stereocenters. The number of benzene rings is 1. The molecule has 5 heteroatoms. The summed E-state index contributed by atoms with van der Waals surface area (Å²) in [5, 5.41) is 0. The third-order valence-corrected chi connectivity index (χ3v) is 3.97. The van der Waals surface area contributed by atoms with Crippen molar-refractivity contribution in [1.29, 1.82) is 0 Å². The van der Waals surface area contributed by atoms with Crippen molar-refractivity contribution in [1.82, 2.24) is 4.90 Å². The number of carbonyl (C=O) groups excluding carboxylic acids is 2. The topological polar surface area (TPSA) is 59.8 Å². The van der Waals surface area contributed by atoms with E-state index < -0.39 is 5.97 Å². The number of fused-ring (bicyclic) bond motifs is 1. The van der Waals surface area contributed by atoms with Crippen molar-refractivity contribution in [2.45, 2.75) is 19.9 Å². The molecule has 3 rings (SSSR count). The third-order valence-electron chi connectivity index (χ3n) is 3.97. The normalized spacial score (nSPS) is 13.8. The molecule has 1 aliphatic heterocycles. The molecule has 24 heavy (non-hydrogen) atoms. The van der Waals surface area contributed by atoms with Crippen LogP contribution in [0.4, 0.5) is 0 Å². The highest BCUT2D eigenvalue weighted by atomic mass is 16.5. The molecule has 0 saturated carbocycles. The zero-order valence-electron chi connectivity index (χ0n) is 13.5. The van der Waals surface area contributed by atoms with E-state index in [1.54, 1.807) is 11.0 Å². The molecule has 1 aliphatic rings. The molecular weight excluding hydrogens is 306 g/mol. The highest BCUT2D eigenvalue weighted by molar-refractivity contribution is 5.89. The van der Waals surface area contributed by atoms with Crippen LogP contribution < -0.4 is 0 Å². The summed E-state index contributed by atoms with van der Waals surface area (Å²) in [5.41, 5.74) is 2.42. The van der Waals surface area contributed by atoms with Crippen molar-refractivity contribution < 1.29 is 18.7 Å². The minimum atomic E-state index is -0.560. The standard InChI is InChI=1S/C19H19NO4/c1-14-6-7-17(24-14)8-9-19(22)23-13-18(21)20-11-10-15-4-2-3-5-16(15)12-20/h2-9H,10-13H2,1H3/b9-8+. The summed E-state index contributed by atoms with van der Waals surface area (Å²) < 4.78 is 10.3. The van der Waals surface area contributed by atoms with Gasteiger partial charge in [0.25, 0.3) is 5.91 Å². The van der Waals surface area contributed by atoms with E-state index in [2.05, 4.69) is 6.07 Å². The van der Waals surface area contributed by atoms with Gasteiger partial charge < -0.3 is 14.1 Å². The minimum Gasteiger partial charge on any atom is -0.462 e. The molecule has 1 amide bonds. The largest absolute Gasteiger partial charge is 0.462 e. The highest BCUT2D eigenvalue weighted by Crippen LogP contribution is 2.18. The SMILES string of the molecule is Cc1ccc(/C=C/C(=O)OCC(=O)N2CCc3ccccc3C2)o1. The molecule has 0 radical (unpaired) electrons. The smallest absolute Gasteiger partial charge is 0.331 e. The summed E-state index contributed by atoms with van der Waals surface area (Å²) in [7, 11) is 0. The lowest BCUT2D eigenvalue weighted by Crippen LogP contribution is -2.38.